The average Bonchev–Trinajstić information content (AvgIpc) is 2.92. The zero-order valence-corrected chi connectivity index (χ0v) is 11.5. The van der Waals surface area contributed by atoms with E-state index >= 15 is 0 Å². The van der Waals surface area contributed by atoms with Gasteiger partial charge >= 0.3 is 0 Å². The second-order valence-electron chi connectivity index (χ2n) is 4.69. The minimum Gasteiger partial charge on any atom is -0.391 e. The molecule has 1 fully saturated rings. The molecule has 0 aromatic carbocycles. The normalized spacial score (nSPS) is 24.3. The molecule has 1 amide bonds. The molecular weight excluding hydrogens is 266 g/mol. The minimum absolute atomic E-state index is 0.0469. The number of rotatable bonds is 2. The Morgan fingerprint density at radius 2 is 2.17 bits per heavy atom. The van der Waals surface area contributed by atoms with Crippen LogP contribution in [0.3, 0.4) is 0 Å². The van der Waals surface area contributed by atoms with E-state index in [1.54, 1.807) is 11.3 Å². The third-order valence-corrected chi connectivity index (χ3v) is 5.50. The van der Waals surface area contributed by atoms with Crippen molar-refractivity contribution < 1.29 is 9.90 Å². The van der Waals surface area contributed by atoms with Crippen LogP contribution in [-0.2, 0) is 0 Å². The number of hydrogen-bond donors (Lipinski definition) is 2. The molecule has 3 rings (SSSR count). The van der Waals surface area contributed by atoms with Gasteiger partial charge < -0.3 is 10.4 Å². The Hall–Kier alpha value is -0.910. The molecule has 1 aliphatic carbocycles. The van der Waals surface area contributed by atoms with Crippen molar-refractivity contribution in [2.45, 2.75) is 37.8 Å². The first kappa shape index (κ1) is 12.1. The summed E-state index contributed by atoms with van der Waals surface area (Å²) in [6.07, 6.45) is 3.43. The molecule has 18 heavy (non-hydrogen) atoms. The largest absolute Gasteiger partial charge is 0.391 e. The Morgan fingerprint density at radius 1 is 1.33 bits per heavy atom. The minimum atomic E-state index is -0.385. The van der Waals surface area contributed by atoms with Gasteiger partial charge in [-0.1, -0.05) is 12.8 Å². The maximum atomic E-state index is 12.1. The standard InChI is InChI=1S/C13H15NO2S2/c15-9-4-2-1-3-8(9)14-13(16)12-7-11-10(18-12)5-6-17-11/h5-9,15H,1-4H2,(H,14,16)/t8-,9-/m1/s1. The molecule has 0 unspecified atom stereocenters. The summed E-state index contributed by atoms with van der Waals surface area (Å²) in [7, 11) is 0. The molecule has 2 atom stereocenters. The third kappa shape index (κ3) is 2.30. The van der Waals surface area contributed by atoms with Crippen LogP contribution in [0.5, 0.6) is 0 Å². The Labute approximate surface area is 113 Å². The van der Waals surface area contributed by atoms with E-state index < -0.39 is 0 Å². The number of aliphatic hydroxyl groups excluding tert-OH is 1. The van der Waals surface area contributed by atoms with Gasteiger partial charge in [0.15, 0.2) is 0 Å². The molecule has 96 valence electrons. The smallest absolute Gasteiger partial charge is 0.261 e. The Balaban J connectivity index is 1.72. The molecule has 0 aliphatic heterocycles. The third-order valence-electron chi connectivity index (χ3n) is 3.41. The summed E-state index contributed by atoms with van der Waals surface area (Å²) >= 11 is 3.17. The van der Waals surface area contributed by atoms with Gasteiger partial charge in [0.05, 0.1) is 17.0 Å². The van der Waals surface area contributed by atoms with Crippen molar-refractivity contribution in [2.75, 3.05) is 0 Å². The monoisotopic (exact) mass is 281 g/mol. The van der Waals surface area contributed by atoms with Crippen molar-refractivity contribution in [1.82, 2.24) is 5.32 Å². The average molecular weight is 281 g/mol. The van der Waals surface area contributed by atoms with Crippen LogP contribution in [0.4, 0.5) is 0 Å². The number of amides is 1. The van der Waals surface area contributed by atoms with Crippen molar-refractivity contribution in [3.63, 3.8) is 0 Å². The molecule has 5 heteroatoms. The van der Waals surface area contributed by atoms with Crippen LogP contribution >= 0.6 is 22.7 Å². The van der Waals surface area contributed by atoms with Gasteiger partial charge in [-0.25, -0.2) is 0 Å². The first-order chi connectivity index (χ1) is 8.74. The number of fused-ring (bicyclic) bond motifs is 1. The maximum absolute atomic E-state index is 12.1. The summed E-state index contributed by atoms with van der Waals surface area (Å²) in [5.41, 5.74) is 0. The van der Waals surface area contributed by atoms with E-state index in [4.69, 9.17) is 0 Å². The molecule has 1 aliphatic rings. The lowest BCUT2D eigenvalue weighted by Gasteiger charge is -2.28. The highest BCUT2D eigenvalue weighted by molar-refractivity contribution is 7.27. The summed E-state index contributed by atoms with van der Waals surface area (Å²) in [5.74, 6) is -0.0469. The van der Waals surface area contributed by atoms with Crippen LogP contribution in [0.25, 0.3) is 9.40 Å². The first-order valence-corrected chi connectivity index (χ1v) is 7.89. The van der Waals surface area contributed by atoms with Crippen molar-refractivity contribution >= 4 is 38.0 Å². The Bertz CT molecular complexity index is 532. The second kappa shape index (κ2) is 4.99. The molecule has 2 N–H and O–H groups in total. The fraction of sp³-hybridized carbons (Fsp3) is 0.462. The fourth-order valence-corrected chi connectivity index (χ4v) is 4.41. The lowest BCUT2D eigenvalue weighted by molar-refractivity contribution is 0.0720. The summed E-state index contributed by atoms with van der Waals surface area (Å²) < 4.78 is 2.32. The Kier molecular flexibility index (Phi) is 3.37. The fourth-order valence-electron chi connectivity index (χ4n) is 2.40. The molecule has 3 nitrogen and oxygen atoms in total. The van der Waals surface area contributed by atoms with E-state index in [2.05, 4.69) is 5.32 Å². The van der Waals surface area contributed by atoms with E-state index in [1.807, 2.05) is 17.5 Å². The summed E-state index contributed by atoms with van der Waals surface area (Å²) in [4.78, 5) is 12.9. The highest BCUT2D eigenvalue weighted by atomic mass is 32.1. The van der Waals surface area contributed by atoms with Crippen LogP contribution in [0, 0.1) is 0 Å². The lowest BCUT2D eigenvalue weighted by atomic mass is 9.92. The van der Waals surface area contributed by atoms with Crippen LogP contribution in [-0.4, -0.2) is 23.2 Å². The van der Waals surface area contributed by atoms with Crippen molar-refractivity contribution in [3.05, 3.63) is 22.4 Å². The molecule has 2 heterocycles. The second-order valence-corrected chi connectivity index (χ2v) is 6.72. The van der Waals surface area contributed by atoms with Crippen molar-refractivity contribution in [1.29, 1.82) is 0 Å². The zero-order valence-electron chi connectivity index (χ0n) is 9.89. The molecule has 0 spiro atoms. The number of hydrogen-bond acceptors (Lipinski definition) is 4. The topological polar surface area (TPSA) is 49.3 Å². The molecule has 1 saturated carbocycles. The van der Waals surface area contributed by atoms with Crippen LogP contribution < -0.4 is 5.32 Å². The van der Waals surface area contributed by atoms with Gasteiger partial charge in [-0.2, -0.15) is 0 Å². The van der Waals surface area contributed by atoms with Crippen LogP contribution in [0.2, 0.25) is 0 Å². The number of aliphatic hydroxyl groups is 1. The first-order valence-electron chi connectivity index (χ1n) is 6.20. The van der Waals surface area contributed by atoms with Gasteiger partial charge in [-0.3, -0.25) is 4.79 Å². The zero-order chi connectivity index (χ0) is 12.5. The highest BCUT2D eigenvalue weighted by Crippen LogP contribution is 2.30. The van der Waals surface area contributed by atoms with Gasteiger partial charge in [0.1, 0.15) is 0 Å². The molecule has 0 radical (unpaired) electrons. The van der Waals surface area contributed by atoms with E-state index in [0.29, 0.717) is 0 Å². The van der Waals surface area contributed by atoms with Gasteiger partial charge in [0.25, 0.3) is 5.91 Å². The van der Waals surface area contributed by atoms with Crippen LogP contribution in [0.15, 0.2) is 17.5 Å². The highest BCUT2D eigenvalue weighted by Gasteiger charge is 2.25. The summed E-state index contributed by atoms with van der Waals surface area (Å²) in [6, 6.07) is 3.90. The van der Waals surface area contributed by atoms with Crippen LogP contribution in [0.1, 0.15) is 35.4 Å². The molecule has 0 saturated heterocycles. The number of thiophene rings is 2. The molecule has 0 bridgehead atoms. The van der Waals surface area contributed by atoms with Gasteiger partial charge in [0, 0.05) is 9.40 Å². The predicted octanol–water partition coefficient (Wildman–Crippen LogP) is 3.00. The SMILES string of the molecule is O=C(N[C@@H]1CCCC[C@H]1O)c1cc2sccc2s1. The summed E-state index contributed by atoms with van der Waals surface area (Å²) in [5, 5.41) is 14.9. The number of carbonyl (C=O) groups excluding carboxylic acids is 1. The van der Waals surface area contributed by atoms with Gasteiger partial charge in [-0.15, -0.1) is 22.7 Å². The van der Waals surface area contributed by atoms with Gasteiger partial charge in [0.2, 0.25) is 0 Å². The van der Waals surface area contributed by atoms with E-state index in [1.165, 1.54) is 11.3 Å². The predicted molar refractivity (Wildman–Crippen MR) is 75.4 cm³/mol. The maximum Gasteiger partial charge on any atom is 0.261 e. The molecular formula is C13H15NO2S2. The van der Waals surface area contributed by atoms with Crippen molar-refractivity contribution in [3.8, 4) is 0 Å². The molecule has 2 aromatic heterocycles. The Morgan fingerprint density at radius 3 is 2.94 bits per heavy atom. The summed E-state index contributed by atoms with van der Waals surface area (Å²) in [6.45, 7) is 0. The lowest BCUT2D eigenvalue weighted by Crippen LogP contribution is -2.44. The number of carbonyl (C=O) groups is 1. The van der Waals surface area contributed by atoms with Gasteiger partial charge in [-0.05, 0) is 30.4 Å². The quantitative estimate of drug-likeness (QED) is 0.889. The number of nitrogens with one attached hydrogen (secondary N) is 1. The van der Waals surface area contributed by atoms with E-state index in [0.717, 1.165) is 40.0 Å². The molecule has 2 aromatic rings. The van der Waals surface area contributed by atoms with E-state index in [9.17, 15) is 9.90 Å². The van der Waals surface area contributed by atoms with E-state index in [-0.39, 0.29) is 18.1 Å². The van der Waals surface area contributed by atoms with Crippen molar-refractivity contribution in [2.24, 2.45) is 0 Å².